The van der Waals surface area contributed by atoms with Gasteiger partial charge in [-0.05, 0) is 50.4 Å². The maximum atomic E-state index is 5.91. The zero-order valence-corrected chi connectivity index (χ0v) is 11.3. The van der Waals surface area contributed by atoms with Crippen LogP contribution >= 0.6 is 11.6 Å². The van der Waals surface area contributed by atoms with Gasteiger partial charge < -0.3 is 5.73 Å². The minimum absolute atomic E-state index is 0.390. The largest absolute Gasteiger partial charge is 0.329 e. The molecule has 1 fully saturated rings. The summed E-state index contributed by atoms with van der Waals surface area (Å²) in [7, 11) is 2.18. The van der Waals surface area contributed by atoms with Gasteiger partial charge in [-0.1, -0.05) is 23.7 Å². The number of hydrogen-bond acceptors (Lipinski definition) is 2. The summed E-state index contributed by atoms with van der Waals surface area (Å²) >= 11 is 5.91. The van der Waals surface area contributed by atoms with Crippen molar-refractivity contribution in [2.24, 2.45) is 11.7 Å². The summed E-state index contributed by atoms with van der Waals surface area (Å²) in [5.74, 6) is 0.805. The van der Waals surface area contributed by atoms with Crippen LogP contribution in [0.1, 0.15) is 31.4 Å². The highest BCUT2D eigenvalue weighted by Crippen LogP contribution is 2.37. The van der Waals surface area contributed by atoms with Crippen LogP contribution in [0.2, 0.25) is 5.02 Å². The fraction of sp³-hybridized carbons (Fsp3) is 0.571. The van der Waals surface area contributed by atoms with E-state index in [-0.39, 0.29) is 0 Å². The minimum atomic E-state index is 0.390. The molecule has 1 saturated carbocycles. The van der Waals surface area contributed by atoms with E-state index in [4.69, 9.17) is 17.3 Å². The molecule has 0 saturated heterocycles. The molecule has 1 aromatic carbocycles. The van der Waals surface area contributed by atoms with Gasteiger partial charge in [0.1, 0.15) is 0 Å². The standard InChI is InChI=1S/C14H21ClN2/c1-10(11-5-7-13(15)8-6-11)17(2)14(9-16)12-3-4-12/h5-8,10,12,14H,3-4,9,16H2,1-2H3. The summed E-state index contributed by atoms with van der Waals surface area (Å²) in [6.07, 6.45) is 2.67. The fourth-order valence-corrected chi connectivity index (χ4v) is 2.56. The van der Waals surface area contributed by atoms with Gasteiger partial charge in [-0.15, -0.1) is 0 Å². The van der Waals surface area contributed by atoms with E-state index >= 15 is 0 Å². The zero-order chi connectivity index (χ0) is 12.4. The van der Waals surface area contributed by atoms with Crippen molar-refractivity contribution in [1.82, 2.24) is 4.90 Å². The van der Waals surface area contributed by atoms with E-state index in [0.717, 1.165) is 17.5 Å². The molecule has 94 valence electrons. The van der Waals surface area contributed by atoms with Crippen LogP contribution in [0.5, 0.6) is 0 Å². The van der Waals surface area contributed by atoms with Gasteiger partial charge in [0, 0.05) is 23.7 Å². The van der Waals surface area contributed by atoms with Crippen molar-refractivity contribution < 1.29 is 0 Å². The fourth-order valence-electron chi connectivity index (χ4n) is 2.44. The third-order valence-electron chi connectivity index (χ3n) is 3.89. The Morgan fingerprint density at radius 3 is 2.41 bits per heavy atom. The molecule has 2 nitrogen and oxygen atoms in total. The second kappa shape index (κ2) is 5.38. The minimum Gasteiger partial charge on any atom is -0.329 e. The molecule has 0 aromatic heterocycles. The Labute approximate surface area is 109 Å². The lowest BCUT2D eigenvalue weighted by Gasteiger charge is -2.33. The van der Waals surface area contributed by atoms with E-state index < -0.39 is 0 Å². The van der Waals surface area contributed by atoms with Crippen LogP contribution in [-0.4, -0.2) is 24.5 Å². The molecule has 0 spiro atoms. The molecule has 3 heteroatoms. The first kappa shape index (κ1) is 12.9. The molecule has 2 atom stereocenters. The van der Waals surface area contributed by atoms with Gasteiger partial charge in [0.25, 0.3) is 0 Å². The van der Waals surface area contributed by atoms with Gasteiger partial charge in [-0.25, -0.2) is 0 Å². The Morgan fingerprint density at radius 1 is 1.35 bits per heavy atom. The van der Waals surface area contributed by atoms with Gasteiger partial charge >= 0.3 is 0 Å². The third-order valence-corrected chi connectivity index (χ3v) is 4.15. The maximum Gasteiger partial charge on any atom is 0.0406 e. The number of nitrogens with zero attached hydrogens (tertiary/aromatic N) is 1. The normalized spacial score (nSPS) is 19.4. The topological polar surface area (TPSA) is 29.3 Å². The highest BCUT2D eigenvalue weighted by Gasteiger charge is 2.34. The number of rotatable bonds is 5. The molecular weight excluding hydrogens is 232 g/mol. The number of likely N-dealkylation sites (N-methyl/N-ethyl adjacent to an activating group) is 1. The van der Waals surface area contributed by atoms with Crippen molar-refractivity contribution in [1.29, 1.82) is 0 Å². The van der Waals surface area contributed by atoms with Crippen molar-refractivity contribution >= 4 is 11.6 Å². The average molecular weight is 253 g/mol. The predicted octanol–water partition coefficient (Wildman–Crippen LogP) is 3.07. The Kier molecular flexibility index (Phi) is 4.08. The summed E-state index contributed by atoms with van der Waals surface area (Å²) in [6.45, 7) is 2.98. The van der Waals surface area contributed by atoms with Crippen LogP contribution in [0.4, 0.5) is 0 Å². The molecule has 2 rings (SSSR count). The van der Waals surface area contributed by atoms with Gasteiger partial charge in [-0.2, -0.15) is 0 Å². The molecule has 17 heavy (non-hydrogen) atoms. The van der Waals surface area contributed by atoms with E-state index in [1.165, 1.54) is 18.4 Å². The second-order valence-corrected chi connectivity index (χ2v) is 5.47. The van der Waals surface area contributed by atoms with Gasteiger partial charge in [-0.3, -0.25) is 4.90 Å². The summed E-state index contributed by atoms with van der Waals surface area (Å²) < 4.78 is 0. The highest BCUT2D eigenvalue weighted by atomic mass is 35.5. The van der Waals surface area contributed by atoms with E-state index in [2.05, 4.69) is 31.0 Å². The predicted molar refractivity (Wildman–Crippen MR) is 73.2 cm³/mol. The molecule has 0 bridgehead atoms. The SMILES string of the molecule is CC(c1ccc(Cl)cc1)N(C)C(CN)C1CC1. The first-order chi connectivity index (χ1) is 8.13. The van der Waals surface area contributed by atoms with Crippen molar-refractivity contribution in [3.05, 3.63) is 34.9 Å². The highest BCUT2D eigenvalue weighted by molar-refractivity contribution is 6.30. The monoisotopic (exact) mass is 252 g/mol. The van der Waals surface area contributed by atoms with E-state index in [1.807, 2.05) is 12.1 Å². The molecule has 1 aliphatic rings. The van der Waals surface area contributed by atoms with Crippen LogP contribution in [0.25, 0.3) is 0 Å². The Hall–Kier alpha value is -0.570. The lowest BCUT2D eigenvalue weighted by Crippen LogP contribution is -2.41. The summed E-state index contributed by atoms with van der Waals surface area (Å²) in [6, 6.07) is 9.02. The molecule has 2 N–H and O–H groups in total. The lowest BCUT2D eigenvalue weighted by atomic mass is 10.0. The molecule has 0 heterocycles. The Morgan fingerprint density at radius 2 is 1.94 bits per heavy atom. The van der Waals surface area contributed by atoms with Crippen LogP contribution in [0.15, 0.2) is 24.3 Å². The Balaban J connectivity index is 2.07. The van der Waals surface area contributed by atoms with Crippen LogP contribution < -0.4 is 5.73 Å². The first-order valence-electron chi connectivity index (χ1n) is 6.31. The van der Waals surface area contributed by atoms with Crippen molar-refractivity contribution in [2.45, 2.75) is 31.8 Å². The smallest absolute Gasteiger partial charge is 0.0406 e. The molecule has 2 unspecified atom stereocenters. The van der Waals surface area contributed by atoms with E-state index in [9.17, 15) is 0 Å². The third kappa shape index (κ3) is 3.01. The van der Waals surface area contributed by atoms with Crippen LogP contribution in [0, 0.1) is 5.92 Å². The molecule has 1 aliphatic carbocycles. The van der Waals surface area contributed by atoms with Crippen LogP contribution in [-0.2, 0) is 0 Å². The summed E-state index contributed by atoms with van der Waals surface area (Å²) in [5, 5.41) is 0.793. The van der Waals surface area contributed by atoms with E-state index in [0.29, 0.717) is 12.1 Å². The average Bonchev–Trinajstić information content (AvgIpc) is 3.14. The second-order valence-electron chi connectivity index (χ2n) is 5.03. The van der Waals surface area contributed by atoms with Gasteiger partial charge in [0.15, 0.2) is 0 Å². The maximum absolute atomic E-state index is 5.91. The number of halogens is 1. The van der Waals surface area contributed by atoms with Gasteiger partial charge in [0.2, 0.25) is 0 Å². The van der Waals surface area contributed by atoms with Crippen molar-refractivity contribution in [3.8, 4) is 0 Å². The lowest BCUT2D eigenvalue weighted by molar-refractivity contribution is 0.170. The molecular formula is C14H21ClN2. The Bertz CT molecular complexity index is 359. The van der Waals surface area contributed by atoms with Gasteiger partial charge in [0.05, 0.1) is 0 Å². The molecule has 0 amide bonds. The number of benzene rings is 1. The zero-order valence-electron chi connectivity index (χ0n) is 10.6. The summed E-state index contributed by atoms with van der Waals surface area (Å²) in [4.78, 5) is 2.40. The van der Waals surface area contributed by atoms with Crippen molar-refractivity contribution in [2.75, 3.05) is 13.6 Å². The quantitative estimate of drug-likeness (QED) is 0.873. The van der Waals surface area contributed by atoms with Crippen molar-refractivity contribution in [3.63, 3.8) is 0 Å². The number of hydrogen-bond donors (Lipinski definition) is 1. The molecule has 0 radical (unpaired) electrons. The molecule has 1 aromatic rings. The van der Waals surface area contributed by atoms with Crippen LogP contribution in [0.3, 0.4) is 0 Å². The molecule has 0 aliphatic heterocycles. The number of nitrogens with two attached hydrogens (primary N) is 1. The van der Waals surface area contributed by atoms with E-state index in [1.54, 1.807) is 0 Å². The first-order valence-corrected chi connectivity index (χ1v) is 6.68. The summed E-state index contributed by atoms with van der Waals surface area (Å²) in [5.41, 5.74) is 7.19.